The predicted octanol–water partition coefficient (Wildman–Crippen LogP) is 2.87. The van der Waals surface area contributed by atoms with E-state index in [2.05, 4.69) is 15.5 Å². The van der Waals surface area contributed by atoms with Crippen molar-refractivity contribution in [3.8, 4) is 11.5 Å². The minimum Gasteiger partial charge on any atom is -0.493 e. The summed E-state index contributed by atoms with van der Waals surface area (Å²) in [4.78, 5) is 29.8. The van der Waals surface area contributed by atoms with E-state index in [1.165, 1.54) is 0 Å². The van der Waals surface area contributed by atoms with Gasteiger partial charge in [-0.2, -0.15) is 0 Å². The quantitative estimate of drug-likeness (QED) is 0.591. The molecule has 34 heavy (non-hydrogen) atoms. The van der Waals surface area contributed by atoms with Crippen molar-refractivity contribution in [3.05, 3.63) is 59.7 Å². The van der Waals surface area contributed by atoms with Gasteiger partial charge in [-0.15, -0.1) is 0 Å². The van der Waals surface area contributed by atoms with Crippen molar-refractivity contribution in [1.82, 2.24) is 20.4 Å². The molecule has 8 heteroatoms. The SMILES string of the molecule is COc1ccc(CN2CCN(C(=O)C(NC(=O)NCc3ccccc3)C(C)C)CC2)cc1OC. The van der Waals surface area contributed by atoms with Gasteiger partial charge in [0.1, 0.15) is 6.04 Å². The van der Waals surface area contributed by atoms with Crippen LogP contribution in [0.5, 0.6) is 11.5 Å². The number of methoxy groups -OCH3 is 2. The molecule has 3 amide bonds. The fourth-order valence-electron chi connectivity index (χ4n) is 4.04. The molecule has 2 aromatic carbocycles. The van der Waals surface area contributed by atoms with Crippen LogP contribution in [0.3, 0.4) is 0 Å². The summed E-state index contributed by atoms with van der Waals surface area (Å²) < 4.78 is 10.7. The molecule has 1 heterocycles. The summed E-state index contributed by atoms with van der Waals surface area (Å²) in [6, 6.07) is 14.7. The van der Waals surface area contributed by atoms with Gasteiger partial charge in [-0.3, -0.25) is 9.69 Å². The molecule has 1 fully saturated rings. The molecule has 184 valence electrons. The number of hydrogen-bond acceptors (Lipinski definition) is 5. The lowest BCUT2D eigenvalue weighted by molar-refractivity contribution is -0.136. The largest absolute Gasteiger partial charge is 0.493 e. The first kappa shape index (κ1) is 25.4. The lowest BCUT2D eigenvalue weighted by Gasteiger charge is -2.37. The summed E-state index contributed by atoms with van der Waals surface area (Å²) in [7, 11) is 3.26. The normalized spacial score (nSPS) is 15.0. The number of nitrogens with one attached hydrogen (secondary N) is 2. The highest BCUT2D eigenvalue weighted by Crippen LogP contribution is 2.28. The number of hydrogen-bond donors (Lipinski definition) is 2. The Morgan fingerprint density at radius 1 is 0.912 bits per heavy atom. The second-order valence-electron chi connectivity index (χ2n) is 8.83. The number of nitrogens with zero attached hydrogens (tertiary/aromatic N) is 2. The topological polar surface area (TPSA) is 83.1 Å². The molecule has 1 aliphatic rings. The van der Waals surface area contributed by atoms with Crippen LogP contribution >= 0.6 is 0 Å². The van der Waals surface area contributed by atoms with E-state index in [1.54, 1.807) is 14.2 Å². The van der Waals surface area contributed by atoms with E-state index in [9.17, 15) is 9.59 Å². The van der Waals surface area contributed by atoms with Crippen LogP contribution in [0.25, 0.3) is 0 Å². The fraction of sp³-hybridized carbons (Fsp3) is 0.462. The third kappa shape index (κ3) is 6.87. The number of carbonyl (C=O) groups is 2. The van der Waals surface area contributed by atoms with Gasteiger partial charge in [0.15, 0.2) is 11.5 Å². The fourth-order valence-corrected chi connectivity index (χ4v) is 4.04. The van der Waals surface area contributed by atoms with Crippen molar-refractivity contribution < 1.29 is 19.1 Å². The molecule has 0 bridgehead atoms. The van der Waals surface area contributed by atoms with Crippen LogP contribution in [-0.4, -0.2) is 68.2 Å². The van der Waals surface area contributed by atoms with Gasteiger partial charge >= 0.3 is 6.03 Å². The number of amides is 3. The van der Waals surface area contributed by atoms with Gasteiger partial charge in [-0.1, -0.05) is 50.2 Å². The zero-order valence-electron chi connectivity index (χ0n) is 20.5. The van der Waals surface area contributed by atoms with Crippen LogP contribution in [-0.2, 0) is 17.9 Å². The van der Waals surface area contributed by atoms with Crippen LogP contribution in [0, 0.1) is 5.92 Å². The summed E-state index contributed by atoms with van der Waals surface area (Å²) in [5.74, 6) is 1.38. The van der Waals surface area contributed by atoms with Gasteiger partial charge in [0, 0.05) is 39.3 Å². The molecule has 1 aliphatic heterocycles. The Morgan fingerprint density at radius 3 is 2.21 bits per heavy atom. The summed E-state index contributed by atoms with van der Waals surface area (Å²) >= 11 is 0. The number of ether oxygens (including phenoxy) is 2. The van der Waals surface area contributed by atoms with Crippen molar-refractivity contribution in [2.24, 2.45) is 5.92 Å². The first-order valence-electron chi connectivity index (χ1n) is 11.7. The van der Waals surface area contributed by atoms with Crippen molar-refractivity contribution >= 4 is 11.9 Å². The van der Waals surface area contributed by atoms with E-state index in [0.29, 0.717) is 31.1 Å². The molecule has 2 aromatic rings. The van der Waals surface area contributed by atoms with Crippen LogP contribution in [0.1, 0.15) is 25.0 Å². The second-order valence-corrected chi connectivity index (χ2v) is 8.83. The van der Waals surface area contributed by atoms with Crippen LogP contribution in [0.4, 0.5) is 4.79 Å². The Labute approximate surface area is 202 Å². The number of piperazine rings is 1. The maximum absolute atomic E-state index is 13.2. The standard InChI is InChI=1S/C26H36N4O4/c1-19(2)24(28-26(32)27-17-20-8-6-5-7-9-20)25(31)30-14-12-29(13-15-30)18-21-10-11-22(33-3)23(16-21)34-4/h5-11,16,19,24H,12-15,17-18H2,1-4H3,(H2,27,28,32). The average Bonchev–Trinajstić information content (AvgIpc) is 2.86. The van der Waals surface area contributed by atoms with Gasteiger partial charge in [-0.25, -0.2) is 4.79 Å². The van der Waals surface area contributed by atoms with Crippen molar-refractivity contribution in [1.29, 1.82) is 0 Å². The van der Waals surface area contributed by atoms with Gasteiger partial charge in [-0.05, 0) is 29.2 Å². The van der Waals surface area contributed by atoms with Crippen molar-refractivity contribution in [3.63, 3.8) is 0 Å². The molecule has 0 aliphatic carbocycles. The monoisotopic (exact) mass is 468 g/mol. The summed E-state index contributed by atoms with van der Waals surface area (Å²) in [6.45, 7) is 7.89. The van der Waals surface area contributed by atoms with E-state index < -0.39 is 6.04 Å². The molecule has 0 radical (unpaired) electrons. The van der Waals surface area contributed by atoms with E-state index >= 15 is 0 Å². The van der Waals surface area contributed by atoms with E-state index in [-0.39, 0.29) is 17.9 Å². The molecule has 1 unspecified atom stereocenters. The van der Waals surface area contributed by atoms with Crippen molar-refractivity contribution in [2.75, 3.05) is 40.4 Å². The molecular weight excluding hydrogens is 432 g/mol. The van der Waals surface area contributed by atoms with E-state index in [1.807, 2.05) is 67.3 Å². The highest BCUT2D eigenvalue weighted by atomic mass is 16.5. The lowest BCUT2D eigenvalue weighted by Crippen LogP contribution is -2.57. The average molecular weight is 469 g/mol. The molecular formula is C26H36N4O4. The van der Waals surface area contributed by atoms with Crippen LogP contribution < -0.4 is 20.1 Å². The molecule has 3 rings (SSSR count). The minimum atomic E-state index is -0.562. The summed E-state index contributed by atoms with van der Waals surface area (Å²) in [5.41, 5.74) is 2.14. The van der Waals surface area contributed by atoms with Gasteiger partial charge in [0.05, 0.1) is 14.2 Å². The highest BCUT2D eigenvalue weighted by molar-refractivity contribution is 5.87. The number of rotatable bonds is 9. The van der Waals surface area contributed by atoms with Gasteiger partial charge in [0.2, 0.25) is 5.91 Å². The Hall–Kier alpha value is -3.26. The lowest BCUT2D eigenvalue weighted by atomic mass is 10.0. The molecule has 0 spiro atoms. The highest BCUT2D eigenvalue weighted by Gasteiger charge is 2.30. The third-order valence-corrected chi connectivity index (χ3v) is 6.05. The molecule has 0 aromatic heterocycles. The summed E-state index contributed by atoms with van der Waals surface area (Å²) in [6.07, 6.45) is 0. The van der Waals surface area contributed by atoms with Gasteiger partial charge in [0.25, 0.3) is 0 Å². The molecule has 0 saturated carbocycles. The number of carbonyl (C=O) groups excluding carboxylic acids is 2. The predicted molar refractivity (Wildman–Crippen MR) is 132 cm³/mol. The van der Waals surface area contributed by atoms with Crippen molar-refractivity contribution in [2.45, 2.75) is 33.0 Å². The zero-order chi connectivity index (χ0) is 24.5. The Kier molecular flexibility index (Phi) is 9.16. The first-order valence-corrected chi connectivity index (χ1v) is 11.7. The maximum Gasteiger partial charge on any atom is 0.315 e. The Morgan fingerprint density at radius 2 is 1.59 bits per heavy atom. The van der Waals surface area contributed by atoms with E-state index in [0.717, 1.165) is 30.8 Å². The Balaban J connectivity index is 1.50. The van der Waals surface area contributed by atoms with Crippen LogP contribution in [0.2, 0.25) is 0 Å². The second kappa shape index (κ2) is 12.3. The Bertz CT molecular complexity index is 943. The number of benzene rings is 2. The minimum absolute atomic E-state index is 0.0141. The third-order valence-electron chi connectivity index (χ3n) is 6.05. The maximum atomic E-state index is 13.2. The number of urea groups is 1. The first-order chi connectivity index (χ1) is 16.4. The zero-order valence-corrected chi connectivity index (χ0v) is 20.5. The smallest absolute Gasteiger partial charge is 0.315 e. The van der Waals surface area contributed by atoms with E-state index in [4.69, 9.17) is 9.47 Å². The van der Waals surface area contributed by atoms with Crippen LogP contribution in [0.15, 0.2) is 48.5 Å². The van der Waals surface area contributed by atoms with Gasteiger partial charge < -0.3 is 25.0 Å². The summed E-state index contributed by atoms with van der Waals surface area (Å²) in [5, 5.41) is 5.72. The molecule has 8 nitrogen and oxygen atoms in total. The molecule has 2 N–H and O–H groups in total. The molecule has 1 atom stereocenters. The molecule has 1 saturated heterocycles.